The molecular weight excluding hydrogens is 314 g/mol. The van der Waals surface area contributed by atoms with Crippen LogP contribution < -0.4 is 0 Å². The molecule has 3 heterocycles. The number of rotatable bonds is 3. The highest BCUT2D eigenvalue weighted by Crippen LogP contribution is 2.14. The first kappa shape index (κ1) is 16.1. The molecule has 8 heteroatoms. The van der Waals surface area contributed by atoms with Crippen LogP contribution in [0.4, 0.5) is 0 Å². The number of hydrogen-bond acceptors (Lipinski definition) is 6. The third-order valence-electron chi connectivity index (χ3n) is 4.17. The Labute approximate surface area is 139 Å². The molecule has 0 radical (unpaired) electrons. The summed E-state index contributed by atoms with van der Waals surface area (Å²) in [6, 6.07) is 0. The number of aryl methyl sites for hydroxylation is 1. The molecule has 3 rings (SSSR count). The quantitative estimate of drug-likeness (QED) is 0.815. The second-order valence-electron chi connectivity index (χ2n) is 5.89. The highest BCUT2D eigenvalue weighted by Gasteiger charge is 2.28. The SMILES string of the molecule is Cc1nc(CN2CCN(C(=O)C3=NN(C)C(=O)CC3)CC2)cs1. The van der Waals surface area contributed by atoms with Crippen LogP contribution in [0, 0.1) is 6.92 Å². The lowest BCUT2D eigenvalue weighted by molar-refractivity contribution is -0.131. The highest BCUT2D eigenvalue weighted by atomic mass is 32.1. The minimum Gasteiger partial charge on any atom is -0.335 e. The van der Waals surface area contributed by atoms with Gasteiger partial charge in [-0.15, -0.1) is 11.3 Å². The zero-order chi connectivity index (χ0) is 16.4. The minimum atomic E-state index is -0.0371. The molecular formula is C15H21N5O2S. The van der Waals surface area contributed by atoms with Gasteiger partial charge < -0.3 is 4.90 Å². The summed E-state index contributed by atoms with van der Waals surface area (Å²) in [5, 5.41) is 8.57. The van der Waals surface area contributed by atoms with E-state index in [-0.39, 0.29) is 11.8 Å². The Kier molecular flexibility index (Phi) is 4.72. The molecule has 0 aliphatic carbocycles. The van der Waals surface area contributed by atoms with Gasteiger partial charge in [0.05, 0.1) is 10.7 Å². The molecule has 1 aromatic heterocycles. The van der Waals surface area contributed by atoms with Crippen LogP contribution in [-0.4, -0.2) is 70.5 Å². The molecule has 0 spiro atoms. The van der Waals surface area contributed by atoms with Gasteiger partial charge in [-0.3, -0.25) is 14.5 Å². The number of thiazole rings is 1. The van der Waals surface area contributed by atoms with Gasteiger partial charge in [0.25, 0.3) is 5.91 Å². The lowest BCUT2D eigenvalue weighted by atomic mass is 10.1. The standard InChI is InChI=1S/C15H21N5O2S/c1-11-16-12(10-23-11)9-19-5-7-20(8-6-19)15(22)13-3-4-14(21)18(2)17-13/h10H,3-9H2,1-2H3. The fourth-order valence-corrected chi connectivity index (χ4v) is 3.43. The molecule has 0 saturated carbocycles. The molecule has 1 fully saturated rings. The number of hydrogen-bond donors (Lipinski definition) is 0. The van der Waals surface area contributed by atoms with Gasteiger partial charge in [0, 0.05) is 58.0 Å². The van der Waals surface area contributed by atoms with Gasteiger partial charge in [-0.05, 0) is 6.92 Å². The lowest BCUT2D eigenvalue weighted by Gasteiger charge is -2.35. The van der Waals surface area contributed by atoms with Crippen molar-refractivity contribution in [3.8, 4) is 0 Å². The van der Waals surface area contributed by atoms with Crippen LogP contribution in [0.3, 0.4) is 0 Å². The van der Waals surface area contributed by atoms with E-state index in [2.05, 4.69) is 20.4 Å². The van der Waals surface area contributed by atoms with E-state index in [0.717, 1.165) is 30.3 Å². The molecule has 7 nitrogen and oxygen atoms in total. The van der Waals surface area contributed by atoms with E-state index in [4.69, 9.17) is 0 Å². The third kappa shape index (κ3) is 3.76. The Balaban J connectivity index is 1.53. The Morgan fingerprint density at radius 3 is 2.61 bits per heavy atom. The van der Waals surface area contributed by atoms with Gasteiger partial charge in [-0.1, -0.05) is 0 Å². The van der Waals surface area contributed by atoms with Crippen LogP contribution in [-0.2, 0) is 16.1 Å². The van der Waals surface area contributed by atoms with E-state index >= 15 is 0 Å². The molecule has 0 atom stereocenters. The van der Waals surface area contributed by atoms with Crippen molar-refractivity contribution in [1.29, 1.82) is 0 Å². The van der Waals surface area contributed by atoms with E-state index < -0.39 is 0 Å². The van der Waals surface area contributed by atoms with Gasteiger partial charge in [0.2, 0.25) is 5.91 Å². The van der Waals surface area contributed by atoms with E-state index in [1.807, 2.05) is 11.8 Å². The summed E-state index contributed by atoms with van der Waals surface area (Å²) in [5.41, 5.74) is 1.60. The van der Waals surface area contributed by atoms with Crippen LogP contribution in [0.25, 0.3) is 0 Å². The topological polar surface area (TPSA) is 69.1 Å². The second-order valence-corrected chi connectivity index (χ2v) is 6.95. The Bertz CT molecular complexity index is 634. The number of piperazine rings is 1. The average molecular weight is 335 g/mol. The van der Waals surface area contributed by atoms with Crippen molar-refractivity contribution in [1.82, 2.24) is 19.8 Å². The van der Waals surface area contributed by atoms with Crippen molar-refractivity contribution in [2.24, 2.45) is 5.10 Å². The normalized spacial score (nSPS) is 19.9. The summed E-state index contributed by atoms with van der Waals surface area (Å²) in [6.45, 7) is 5.91. The molecule has 23 heavy (non-hydrogen) atoms. The van der Waals surface area contributed by atoms with E-state index in [0.29, 0.717) is 31.6 Å². The molecule has 1 saturated heterocycles. The maximum atomic E-state index is 12.5. The van der Waals surface area contributed by atoms with Gasteiger partial charge in [-0.25, -0.2) is 9.99 Å². The first-order chi connectivity index (χ1) is 11.0. The number of carbonyl (C=O) groups excluding carboxylic acids is 2. The van der Waals surface area contributed by atoms with Crippen molar-refractivity contribution in [2.75, 3.05) is 33.2 Å². The molecule has 1 aromatic rings. The smallest absolute Gasteiger partial charge is 0.270 e. The zero-order valence-corrected chi connectivity index (χ0v) is 14.3. The number of carbonyl (C=O) groups is 2. The molecule has 124 valence electrons. The summed E-state index contributed by atoms with van der Waals surface area (Å²) >= 11 is 1.67. The summed E-state index contributed by atoms with van der Waals surface area (Å²) in [4.78, 5) is 32.6. The average Bonchev–Trinajstić information content (AvgIpc) is 2.95. The predicted octanol–water partition coefficient (Wildman–Crippen LogP) is 0.704. The van der Waals surface area contributed by atoms with Crippen LogP contribution in [0.2, 0.25) is 0 Å². The fourth-order valence-electron chi connectivity index (χ4n) is 2.83. The Hall–Kier alpha value is -1.80. The van der Waals surface area contributed by atoms with Crippen molar-refractivity contribution in [3.05, 3.63) is 16.1 Å². The van der Waals surface area contributed by atoms with Crippen molar-refractivity contribution < 1.29 is 9.59 Å². The first-order valence-corrected chi connectivity index (χ1v) is 8.67. The maximum absolute atomic E-state index is 12.5. The number of aromatic nitrogens is 1. The molecule has 0 bridgehead atoms. The summed E-state index contributed by atoms with van der Waals surface area (Å²) in [6.07, 6.45) is 0.810. The summed E-state index contributed by atoms with van der Waals surface area (Å²) in [5.74, 6) is -0.0709. The van der Waals surface area contributed by atoms with Crippen molar-refractivity contribution in [3.63, 3.8) is 0 Å². The number of hydrazone groups is 1. The molecule has 2 aliphatic rings. The predicted molar refractivity (Wildman–Crippen MR) is 88.1 cm³/mol. The monoisotopic (exact) mass is 335 g/mol. The van der Waals surface area contributed by atoms with Gasteiger partial charge >= 0.3 is 0 Å². The lowest BCUT2D eigenvalue weighted by Crippen LogP contribution is -2.51. The van der Waals surface area contributed by atoms with Crippen LogP contribution >= 0.6 is 11.3 Å². The van der Waals surface area contributed by atoms with E-state index in [1.54, 1.807) is 18.4 Å². The van der Waals surface area contributed by atoms with Crippen molar-refractivity contribution in [2.45, 2.75) is 26.3 Å². The van der Waals surface area contributed by atoms with E-state index in [1.165, 1.54) is 5.01 Å². The van der Waals surface area contributed by atoms with E-state index in [9.17, 15) is 9.59 Å². The Morgan fingerprint density at radius 1 is 1.26 bits per heavy atom. The highest BCUT2D eigenvalue weighted by molar-refractivity contribution is 7.09. The Morgan fingerprint density at radius 2 is 2.00 bits per heavy atom. The van der Waals surface area contributed by atoms with Crippen LogP contribution in [0.15, 0.2) is 10.5 Å². The summed E-state index contributed by atoms with van der Waals surface area (Å²) in [7, 11) is 1.60. The fraction of sp³-hybridized carbons (Fsp3) is 0.600. The minimum absolute atomic E-state index is 0.0338. The van der Waals surface area contributed by atoms with Crippen LogP contribution in [0.5, 0.6) is 0 Å². The molecule has 0 aromatic carbocycles. The first-order valence-electron chi connectivity index (χ1n) is 7.79. The molecule has 2 aliphatic heterocycles. The molecule has 0 unspecified atom stereocenters. The summed E-state index contributed by atoms with van der Waals surface area (Å²) < 4.78 is 0. The molecule has 2 amide bonds. The third-order valence-corrected chi connectivity index (χ3v) is 4.99. The van der Waals surface area contributed by atoms with Gasteiger partial charge in [0.1, 0.15) is 5.71 Å². The van der Waals surface area contributed by atoms with Gasteiger partial charge in [0.15, 0.2) is 0 Å². The van der Waals surface area contributed by atoms with Crippen molar-refractivity contribution >= 4 is 28.9 Å². The van der Waals surface area contributed by atoms with Gasteiger partial charge in [-0.2, -0.15) is 5.10 Å². The largest absolute Gasteiger partial charge is 0.335 e. The number of amides is 2. The zero-order valence-electron chi connectivity index (χ0n) is 13.5. The maximum Gasteiger partial charge on any atom is 0.270 e. The second kappa shape index (κ2) is 6.76. The number of nitrogens with zero attached hydrogens (tertiary/aromatic N) is 5. The molecule has 0 N–H and O–H groups in total. The van der Waals surface area contributed by atoms with Crippen LogP contribution in [0.1, 0.15) is 23.5 Å².